The normalized spacial score (nSPS) is 29.0. The van der Waals surface area contributed by atoms with Crippen LogP contribution in [-0.2, 0) is 24.6 Å². The van der Waals surface area contributed by atoms with Crippen molar-refractivity contribution < 1.29 is 28.7 Å². The van der Waals surface area contributed by atoms with E-state index < -0.39 is 52.6 Å². The second kappa shape index (κ2) is 10.5. The number of rotatable bonds is 5. The molecule has 2 aliphatic heterocycles. The number of hydrogen-bond acceptors (Lipinski definition) is 6. The molecule has 0 bridgehead atoms. The number of benzene rings is 3. The summed E-state index contributed by atoms with van der Waals surface area (Å²) >= 11 is 6.31. The van der Waals surface area contributed by atoms with Gasteiger partial charge >= 0.3 is 0 Å². The molecule has 2 N–H and O–H groups in total. The molecule has 4 aliphatic rings. The van der Waals surface area contributed by atoms with Crippen molar-refractivity contribution in [3.8, 4) is 5.75 Å². The molecule has 7 rings (SSSR count). The molecule has 4 amide bonds. The van der Waals surface area contributed by atoms with Crippen molar-refractivity contribution in [3.63, 3.8) is 0 Å². The summed E-state index contributed by atoms with van der Waals surface area (Å²) in [5.74, 6) is -5.08. The first-order valence-electron chi connectivity index (χ1n) is 15.1. The maximum absolute atomic E-state index is 15.0. The highest BCUT2D eigenvalue weighted by Crippen LogP contribution is 2.64. The number of likely N-dealkylation sites (tertiary alicyclic amines) is 1. The number of amides is 4. The van der Waals surface area contributed by atoms with Crippen molar-refractivity contribution in [3.05, 3.63) is 106 Å². The zero-order valence-corrected chi connectivity index (χ0v) is 25.4. The van der Waals surface area contributed by atoms with Crippen LogP contribution in [0.2, 0.25) is 5.02 Å². The average molecular weight is 628 g/mol. The molecular weight excluding hydrogens is 597 g/mol. The number of aryl methyl sites for hydroxylation is 1. The van der Waals surface area contributed by atoms with Gasteiger partial charge in [-0.25, -0.2) is 4.39 Å². The SMILES string of the molecule is CCN1C(=O)[C@H]2[C@H](CC=C3[C@H]2C[C@H]2C(=O)N(Nc4ccc(F)cc4)C(=O)[C@@]2(c2ccc(Cl)cc2)[C@H]3c2ccc(O)c(C)c2)C1=O. The number of aromatic hydroxyl groups is 1. The Morgan fingerprint density at radius 3 is 2.33 bits per heavy atom. The predicted octanol–water partition coefficient (Wildman–Crippen LogP) is 5.50. The van der Waals surface area contributed by atoms with Crippen LogP contribution in [0.5, 0.6) is 5.75 Å². The van der Waals surface area contributed by atoms with Crippen LogP contribution in [0.25, 0.3) is 0 Å². The molecule has 3 aromatic carbocycles. The summed E-state index contributed by atoms with van der Waals surface area (Å²) in [7, 11) is 0. The van der Waals surface area contributed by atoms with Crippen LogP contribution in [-0.4, -0.2) is 45.2 Å². The van der Waals surface area contributed by atoms with Crippen molar-refractivity contribution in [2.45, 2.75) is 38.0 Å². The first kappa shape index (κ1) is 29.2. The summed E-state index contributed by atoms with van der Waals surface area (Å²) in [6.07, 6.45) is 2.50. The van der Waals surface area contributed by atoms with Gasteiger partial charge in [0.25, 0.3) is 11.8 Å². The fourth-order valence-corrected chi connectivity index (χ4v) is 8.39. The van der Waals surface area contributed by atoms with E-state index >= 15 is 4.79 Å². The van der Waals surface area contributed by atoms with Crippen LogP contribution < -0.4 is 5.43 Å². The molecule has 1 saturated carbocycles. The number of phenolic OH excluding ortho intramolecular Hbond substituents is 1. The van der Waals surface area contributed by atoms with Crippen LogP contribution in [0.1, 0.15) is 42.4 Å². The van der Waals surface area contributed by atoms with Gasteiger partial charge in [0.15, 0.2) is 0 Å². The standard InChI is InChI=1S/C35H31ClFN3O5/c1-3-39-31(42)25-14-13-24-26(29(25)33(39)44)17-27-32(43)40(38-23-11-9-22(37)10-12-23)34(45)35(27,20-5-7-21(36)8-6-20)30(24)19-4-15-28(41)18(2)16-19/h4-13,15-16,25-27,29-30,38,41H,3,14,17H2,1-2H3/t25-,26+,27-,29-,30-,35+/m0/s1. The van der Waals surface area contributed by atoms with Crippen molar-refractivity contribution in [1.29, 1.82) is 0 Å². The van der Waals surface area contributed by atoms with Gasteiger partial charge in [-0.1, -0.05) is 47.5 Å². The fraction of sp³-hybridized carbons (Fsp3) is 0.314. The van der Waals surface area contributed by atoms with Crippen LogP contribution in [0.3, 0.4) is 0 Å². The van der Waals surface area contributed by atoms with Crippen molar-refractivity contribution in [2.75, 3.05) is 12.0 Å². The molecule has 6 atom stereocenters. The molecular formula is C35H31ClFN3O5. The Labute approximate surface area is 264 Å². The summed E-state index contributed by atoms with van der Waals surface area (Å²) in [5, 5.41) is 11.9. The number of phenols is 1. The molecule has 0 unspecified atom stereocenters. The fourth-order valence-electron chi connectivity index (χ4n) is 8.27. The third-order valence-electron chi connectivity index (χ3n) is 10.2. The zero-order chi connectivity index (χ0) is 31.8. The van der Waals surface area contributed by atoms with Crippen LogP contribution in [0.4, 0.5) is 10.1 Å². The van der Waals surface area contributed by atoms with Gasteiger partial charge < -0.3 is 5.11 Å². The number of nitrogens with zero attached hydrogens (tertiary/aromatic N) is 2. The number of anilines is 1. The number of hydrazine groups is 1. The van der Waals surface area contributed by atoms with Gasteiger partial charge in [0.05, 0.1) is 28.9 Å². The Balaban J connectivity index is 1.47. The van der Waals surface area contributed by atoms with Gasteiger partial charge in [-0.3, -0.25) is 29.5 Å². The zero-order valence-electron chi connectivity index (χ0n) is 24.7. The van der Waals surface area contributed by atoms with E-state index in [0.29, 0.717) is 33.8 Å². The highest BCUT2D eigenvalue weighted by molar-refractivity contribution is 6.30. The summed E-state index contributed by atoms with van der Waals surface area (Å²) < 4.78 is 13.7. The molecule has 3 fully saturated rings. The van der Waals surface area contributed by atoms with Gasteiger partial charge in [-0.05, 0) is 91.8 Å². The van der Waals surface area contributed by atoms with Crippen molar-refractivity contribution in [2.24, 2.45) is 23.7 Å². The third kappa shape index (κ3) is 4.16. The Kier molecular flexibility index (Phi) is 6.85. The third-order valence-corrected chi connectivity index (χ3v) is 10.5. The lowest BCUT2D eigenvalue weighted by atomic mass is 9.49. The average Bonchev–Trinajstić information content (AvgIpc) is 3.40. The van der Waals surface area contributed by atoms with E-state index in [1.54, 1.807) is 50.2 Å². The number of carbonyl (C=O) groups is 4. The number of imide groups is 2. The highest BCUT2D eigenvalue weighted by Gasteiger charge is 2.70. The number of hydrogen-bond donors (Lipinski definition) is 2. The molecule has 2 aliphatic carbocycles. The van der Waals surface area contributed by atoms with E-state index in [1.807, 2.05) is 12.1 Å². The van der Waals surface area contributed by atoms with Crippen LogP contribution >= 0.6 is 11.6 Å². The van der Waals surface area contributed by atoms with E-state index in [9.17, 15) is 23.9 Å². The lowest BCUT2D eigenvalue weighted by Crippen LogP contribution is -2.53. The number of carbonyl (C=O) groups excluding carboxylic acids is 4. The molecule has 230 valence electrons. The Morgan fingerprint density at radius 2 is 1.67 bits per heavy atom. The summed E-state index contributed by atoms with van der Waals surface area (Å²) in [5.41, 5.74) is 4.54. The van der Waals surface area contributed by atoms with E-state index in [0.717, 1.165) is 10.6 Å². The summed E-state index contributed by atoms with van der Waals surface area (Å²) in [6.45, 7) is 3.80. The number of nitrogens with one attached hydrogen (secondary N) is 1. The molecule has 0 aromatic heterocycles. The van der Waals surface area contributed by atoms with E-state index in [-0.39, 0.29) is 30.5 Å². The maximum Gasteiger partial charge on any atom is 0.260 e. The lowest BCUT2D eigenvalue weighted by Gasteiger charge is -2.50. The molecule has 2 heterocycles. The number of fused-ring (bicyclic) bond motifs is 4. The van der Waals surface area contributed by atoms with Crippen LogP contribution in [0.15, 0.2) is 78.4 Å². The topological polar surface area (TPSA) is 107 Å². The highest BCUT2D eigenvalue weighted by atomic mass is 35.5. The number of halogens is 2. The molecule has 45 heavy (non-hydrogen) atoms. The molecule has 8 nitrogen and oxygen atoms in total. The first-order valence-corrected chi connectivity index (χ1v) is 15.5. The second-order valence-electron chi connectivity index (χ2n) is 12.3. The minimum absolute atomic E-state index is 0.0875. The van der Waals surface area contributed by atoms with Crippen molar-refractivity contribution >= 4 is 40.9 Å². The Hall–Kier alpha value is -4.50. The first-order chi connectivity index (χ1) is 21.6. The van der Waals surface area contributed by atoms with Gasteiger partial charge in [0.1, 0.15) is 11.6 Å². The monoisotopic (exact) mass is 627 g/mol. The summed E-state index contributed by atoms with van der Waals surface area (Å²) in [4.78, 5) is 57.9. The molecule has 0 spiro atoms. The van der Waals surface area contributed by atoms with Gasteiger partial charge in [0.2, 0.25) is 11.8 Å². The molecule has 3 aromatic rings. The molecule has 10 heteroatoms. The van der Waals surface area contributed by atoms with E-state index in [4.69, 9.17) is 11.6 Å². The van der Waals surface area contributed by atoms with E-state index in [1.165, 1.54) is 29.2 Å². The number of allylic oxidation sites excluding steroid dienone is 2. The second-order valence-corrected chi connectivity index (χ2v) is 12.8. The largest absolute Gasteiger partial charge is 0.508 e. The van der Waals surface area contributed by atoms with Crippen molar-refractivity contribution in [1.82, 2.24) is 9.91 Å². The maximum atomic E-state index is 15.0. The van der Waals surface area contributed by atoms with Gasteiger partial charge in [-0.15, -0.1) is 0 Å². The molecule has 0 radical (unpaired) electrons. The Morgan fingerprint density at radius 1 is 0.956 bits per heavy atom. The van der Waals surface area contributed by atoms with E-state index in [2.05, 4.69) is 5.43 Å². The summed E-state index contributed by atoms with van der Waals surface area (Å²) in [6, 6.07) is 17.4. The van der Waals surface area contributed by atoms with Crippen LogP contribution in [0, 0.1) is 36.4 Å². The predicted molar refractivity (Wildman–Crippen MR) is 164 cm³/mol. The Bertz CT molecular complexity index is 1790. The quantitative estimate of drug-likeness (QED) is 0.286. The minimum atomic E-state index is -1.45. The van der Waals surface area contributed by atoms with Gasteiger partial charge in [-0.2, -0.15) is 5.01 Å². The van der Waals surface area contributed by atoms with Gasteiger partial charge in [0, 0.05) is 17.5 Å². The molecule has 2 saturated heterocycles. The smallest absolute Gasteiger partial charge is 0.260 e. The minimum Gasteiger partial charge on any atom is -0.508 e. The lowest BCUT2D eigenvalue weighted by molar-refractivity contribution is -0.141.